The van der Waals surface area contributed by atoms with Gasteiger partial charge in [-0.2, -0.15) is 0 Å². The Morgan fingerprint density at radius 2 is 1.81 bits per heavy atom. The molecule has 0 unspecified atom stereocenters. The highest BCUT2D eigenvalue weighted by atomic mass is 28.3. The molecule has 1 aliphatic heterocycles. The fraction of sp³-hybridized carbons (Fsp3) is 0.600. The summed E-state index contributed by atoms with van der Waals surface area (Å²) in [7, 11) is 1.63. The van der Waals surface area contributed by atoms with Gasteiger partial charge in [0, 0.05) is 7.11 Å². The Hall–Kier alpha value is -1.56. The maximum atomic E-state index is 10.8. The average molecular weight is 395 g/mol. The molecule has 0 saturated carbocycles. The highest BCUT2D eigenvalue weighted by molar-refractivity contribution is 6.83. The van der Waals surface area contributed by atoms with Crippen LogP contribution in [-0.2, 0) is 14.2 Å². The first-order chi connectivity index (χ1) is 12.8. The molecule has 0 radical (unpaired) electrons. The van der Waals surface area contributed by atoms with Crippen LogP contribution in [-0.4, -0.2) is 65.7 Å². The van der Waals surface area contributed by atoms with Gasteiger partial charge >= 0.3 is 0 Å². The van der Waals surface area contributed by atoms with Crippen molar-refractivity contribution in [1.82, 2.24) is 0 Å². The fourth-order valence-electron chi connectivity index (χ4n) is 2.65. The monoisotopic (exact) mass is 394 g/mol. The SMILES string of the molecule is COCO[C@@H]1[C@H](O)[C@@H](C#C[Si](C)(C)C)CO[C@H]1COc1ccc(OC)cc1. The molecule has 27 heavy (non-hydrogen) atoms. The van der Waals surface area contributed by atoms with Crippen molar-refractivity contribution in [3.63, 3.8) is 0 Å². The lowest BCUT2D eigenvalue weighted by Gasteiger charge is -2.38. The topological polar surface area (TPSA) is 66.4 Å². The summed E-state index contributed by atoms with van der Waals surface area (Å²) in [5, 5.41) is 10.8. The second-order valence-electron chi connectivity index (χ2n) is 7.51. The molecular weight excluding hydrogens is 364 g/mol. The van der Waals surface area contributed by atoms with Gasteiger partial charge in [-0.15, -0.1) is 11.5 Å². The van der Waals surface area contributed by atoms with Gasteiger partial charge < -0.3 is 28.8 Å². The van der Waals surface area contributed by atoms with E-state index in [-0.39, 0.29) is 19.3 Å². The number of aliphatic hydroxyl groups excluding tert-OH is 1. The molecular formula is C20H30O6Si. The van der Waals surface area contributed by atoms with Crippen LogP contribution < -0.4 is 9.47 Å². The molecule has 1 heterocycles. The van der Waals surface area contributed by atoms with Crippen LogP contribution in [0.3, 0.4) is 0 Å². The minimum Gasteiger partial charge on any atom is -0.497 e. The molecule has 1 aromatic carbocycles. The van der Waals surface area contributed by atoms with E-state index in [0.717, 1.165) is 5.75 Å². The molecule has 0 aliphatic carbocycles. The summed E-state index contributed by atoms with van der Waals surface area (Å²) >= 11 is 0. The van der Waals surface area contributed by atoms with Gasteiger partial charge in [0.1, 0.15) is 45.2 Å². The molecule has 0 spiro atoms. The van der Waals surface area contributed by atoms with E-state index >= 15 is 0 Å². The molecule has 0 aromatic heterocycles. The van der Waals surface area contributed by atoms with Gasteiger partial charge in [0.2, 0.25) is 0 Å². The molecule has 1 aliphatic rings. The summed E-state index contributed by atoms with van der Waals surface area (Å²) in [6.45, 7) is 7.17. The number of hydrogen-bond donors (Lipinski definition) is 1. The van der Waals surface area contributed by atoms with Gasteiger partial charge in [0.15, 0.2) is 0 Å². The normalized spacial score (nSPS) is 25.4. The Kier molecular flexibility index (Phi) is 8.14. The highest BCUT2D eigenvalue weighted by Crippen LogP contribution is 2.25. The Balaban J connectivity index is 2.02. The van der Waals surface area contributed by atoms with Crippen LogP contribution in [0.1, 0.15) is 0 Å². The van der Waals surface area contributed by atoms with Crippen LogP contribution in [0.5, 0.6) is 11.5 Å². The van der Waals surface area contributed by atoms with E-state index in [9.17, 15) is 5.11 Å². The Morgan fingerprint density at radius 1 is 1.15 bits per heavy atom. The molecule has 1 N–H and O–H groups in total. The van der Waals surface area contributed by atoms with Crippen LogP contribution in [0.4, 0.5) is 0 Å². The lowest BCUT2D eigenvalue weighted by atomic mass is 9.93. The Labute approximate surface area is 162 Å². The third-order valence-electron chi connectivity index (χ3n) is 4.09. The van der Waals surface area contributed by atoms with E-state index in [2.05, 4.69) is 31.1 Å². The fourth-order valence-corrected chi connectivity index (χ4v) is 3.27. The summed E-state index contributed by atoms with van der Waals surface area (Å²) < 4.78 is 27.6. The average Bonchev–Trinajstić information content (AvgIpc) is 2.64. The van der Waals surface area contributed by atoms with Crippen molar-refractivity contribution in [2.45, 2.75) is 38.0 Å². The third-order valence-corrected chi connectivity index (χ3v) is 4.98. The molecule has 1 fully saturated rings. The molecule has 1 aromatic rings. The Bertz CT molecular complexity index is 631. The summed E-state index contributed by atoms with van der Waals surface area (Å²) in [5.74, 6) is 4.36. The quantitative estimate of drug-likeness (QED) is 0.435. The predicted molar refractivity (Wildman–Crippen MR) is 106 cm³/mol. The standard InChI is InChI=1S/C20H30O6Si/c1-22-14-26-20-18(13-24-17-8-6-16(23-2)7-9-17)25-12-15(19(20)21)10-11-27(3,4)5/h6-9,15,18-21H,12-14H2,1-5H3/t15-,18-,19+,20-/m0/s1. The third kappa shape index (κ3) is 6.83. The molecule has 6 nitrogen and oxygen atoms in total. The van der Waals surface area contributed by atoms with E-state index < -0.39 is 26.4 Å². The van der Waals surface area contributed by atoms with E-state index in [1.54, 1.807) is 14.2 Å². The number of ether oxygens (including phenoxy) is 5. The van der Waals surface area contributed by atoms with Gasteiger partial charge in [-0.3, -0.25) is 0 Å². The van der Waals surface area contributed by atoms with Gasteiger partial charge in [0.25, 0.3) is 0 Å². The van der Waals surface area contributed by atoms with Crippen LogP contribution in [0.2, 0.25) is 19.6 Å². The van der Waals surface area contributed by atoms with E-state index in [1.165, 1.54) is 0 Å². The van der Waals surface area contributed by atoms with Gasteiger partial charge in [0.05, 0.1) is 25.7 Å². The van der Waals surface area contributed by atoms with E-state index in [0.29, 0.717) is 12.4 Å². The second kappa shape index (κ2) is 10.1. The Morgan fingerprint density at radius 3 is 2.41 bits per heavy atom. The molecule has 0 amide bonds. The van der Waals surface area contributed by atoms with Crippen LogP contribution in [0.15, 0.2) is 24.3 Å². The number of benzene rings is 1. The molecule has 150 valence electrons. The first kappa shape index (κ1) is 21.7. The van der Waals surface area contributed by atoms with Crippen molar-refractivity contribution >= 4 is 8.07 Å². The van der Waals surface area contributed by atoms with Crippen molar-refractivity contribution < 1.29 is 28.8 Å². The first-order valence-electron chi connectivity index (χ1n) is 9.04. The van der Waals surface area contributed by atoms with Crippen molar-refractivity contribution in [2.24, 2.45) is 5.92 Å². The predicted octanol–water partition coefficient (Wildman–Crippen LogP) is 2.32. The van der Waals surface area contributed by atoms with E-state index in [1.807, 2.05) is 24.3 Å². The van der Waals surface area contributed by atoms with Crippen molar-refractivity contribution in [1.29, 1.82) is 0 Å². The minimum atomic E-state index is -1.53. The van der Waals surface area contributed by atoms with Crippen molar-refractivity contribution in [3.05, 3.63) is 24.3 Å². The summed E-state index contributed by atoms with van der Waals surface area (Å²) in [5.41, 5.74) is 3.30. The molecule has 4 atom stereocenters. The maximum Gasteiger partial charge on any atom is 0.146 e. The molecule has 7 heteroatoms. The van der Waals surface area contributed by atoms with Gasteiger partial charge in [-0.05, 0) is 24.3 Å². The lowest BCUT2D eigenvalue weighted by molar-refractivity contribution is -0.208. The zero-order valence-corrected chi connectivity index (χ0v) is 17.7. The smallest absolute Gasteiger partial charge is 0.146 e. The molecule has 1 saturated heterocycles. The summed E-state index contributed by atoms with van der Waals surface area (Å²) in [6, 6.07) is 7.30. The van der Waals surface area contributed by atoms with Gasteiger partial charge in [-0.25, -0.2) is 0 Å². The number of methoxy groups -OCH3 is 2. The largest absolute Gasteiger partial charge is 0.497 e. The first-order valence-corrected chi connectivity index (χ1v) is 12.5. The van der Waals surface area contributed by atoms with E-state index in [4.69, 9.17) is 23.7 Å². The zero-order chi connectivity index (χ0) is 19.9. The minimum absolute atomic E-state index is 0.0677. The number of rotatable bonds is 7. The van der Waals surface area contributed by atoms with Gasteiger partial charge in [-0.1, -0.05) is 19.6 Å². The van der Waals surface area contributed by atoms with Crippen molar-refractivity contribution in [3.8, 4) is 23.0 Å². The highest BCUT2D eigenvalue weighted by Gasteiger charge is 2.40. The van der Waals surface area contributed by atoms with Crippen LogP contribution in [0, 0.1) is 17.4 Å². The lowest BCUT2D eigenvalue weighted by Crippen LogP contribution is -2.53. The summed E-state index contributed by atoms with van der Waals surface area (Å²) in [4.78, 5) is 0. The number of aliphatic hydroxyl groups is 1. The molecule has 0 bridgehead atoms. The zero-order valence-electron chi connectivity index (χ0n) is 16.7. The molecule has 2 rings (SSSR count). The van der Waals surface area contributed by atoms with Crippen molar-refractivity contribution in [2.75, 3.05) is 34.2 Å². The summed E-state index contributed by atoms with van der Waals surface area (Å²) in [6.07, 6.45) is -1.75. The van der Waals surface area contributed by atoms with Crippen LogP contribution in [0.25, 0.3) is 0 Å². The second-order valence-corrected chi connectivity index (χ2v) is 12.3. The maximum absolute atomic E-state index is 10.8. The van der Waals surface area contributed by atoms with Crippen LogP contribution >= 0.6 is 0 Å². The number of hydrogen-bond acceptors (Lipinski definition) is 6.